The van der Waals surface area contributed by atoms with Gasteiger partial charge in [-0.25, -0.2) is 33.0 Å². The number of anilines is 1. The molecule has 4 aromatic rings. The quantitative estimate of drug-likeness (QED) is 0.0354. The molecule has 3 fully saturated rings. The van der Waals surface area contributed by atoms with Crippen LogP contribution in [0.25, 0.3) is 11.3 Å². The van der Waals surface area contributed by atoms with E-state index >= 15 is 8.78 Å². The number of fused-ring (bicyclic) bond motifs is 2. The molecule has 0 radical (unpaired) electrons. The van der Waals surface area contributed by atoms with Crippen LogP contribution in [0.3, 0.4) is 0 Å². The standard InChI is InChI=1S/C51H56F10N10O8/c1-48(2,50(56,57)58)41(65-47(77)78-5)43(73)63-38(16-28-9-6-27(7-10-28)8-11-29-12-13-40(62-20-29)70-22-31-19-32(70)21-69(31)33-25-79-26-33)39(72)24-68(67-44(74)42(64-46(75)76)49(3,4)51(59,60)61)23-34-35(52)17-30(18-36(34)53)37-14-15-71(66-37)45(54)55/h6-7,9-10,12-15,17-18,20,31-33,38-39,41-42,45,64,72H,16,19,21-26H2,1-5H3,(H,63,73)(H,65,77)(H,67,74)(H,75,76)/t31-,32-,38?,39?,41?,42?/m0/s1. The summed E-state index contributed by atoms with van der Waals surface area (Å²) in [6.07, 6.45) is -13.2. The third-order valence-corrected chi connectivity index (χ3v) is 14.4. The van der Waals surface area contributed by atoms with Crippen molar-refractivity contribution in [3.63, 3.8) is 0 Å². The van der Waals surface area contributed by atoms with E-state index in [-0.39, 0.29) is 21.5 Å². The molecule has 4 unspecified atom stereocenters. The highest BCUT2D eigenvalue weighted by atomic mass is 19.4. The van der Waals surface area contributed by atoms with E-state index in [4.69, 9.17) is 4.74 Å². The topological polar surface area (TPSA) is 216 Å². The van der Waals surface area contributed by atoms with Crippen LogP contribution in [0.2, 0.25) is 0 Å². The molecular weight excluding hydrogens is 1070 g/mol. The number of likely N-dealkylation sites (tertiary alicyclic amines) is 1. The van der Waals surface area contributed by atoms with Crippen molar-refractivity contribution in [2.24, 2.45) is 10.8 Å². The second-order valence-electron chi connectivity index (χ2n) is 20.4. The Labute approximate surface area is 445 Å². The van der Waals surface area contributed by atoms with Gasteiger partial charge in [-0.1, -0.05) is 24.0 Å². The zero-order chi connectivity index (χ0) is 57.9. The minimum absolute atomic E-state index is 0.187. The number of nitrogens with one attached hydrogen (secondary N) is 4. The summed E-state index contributed by atoms with van der Waals surface area (Å²) in [5, 5.41) is 31.1. The molecule has 2 aromatic heterocycles. The molecule has 428 valence electrons. The average molecular weight is 1130 g/mol. The number of amides is 4. The fourth-order valence-electron chi connectivity index (χ4n) is 9.33. The second-order valence-corrected chi connectivity index (χ2v) is 20.4. The monoisotopic (exact) mass is 1130 g/mol. The smallest absolute Gasteiger partial charge is 0.407 e. The Kier molecular flexibility index (Phi) is 17.8. The van der Waals surface area contributed by atoms with Gasteiger partial charge in [0.1, 0.15) is 29.5 Å². The number of aliphatic hydroxyl groups excluding tert-OH is 1. The molecule has 0 aliphatic carbocycles. The molecule has 4 amide bonds. The van der Waals surface area contributed by atoms with Crippen molar-refractivity contribution < 1.29 is 82.8 Å². The molecule has 2 bridgehead atoms. The Hall–Kier alpha value is -7.22. The number of ether oxygens (including phenoxy) is 2. The van der Waals surface area contributed by atoms with Gasteiger partial charge in [0, 0.05) is 72.9 Å². The van der Waals surface area contributed by atoms with E-state index < -0.39 is 115 Å². The van der Waals surface area contributed by atoms with Crippen LogP contribution in [0.15, 0.2) is 67.0 Å². The van der Waals surface area contributed by atoms with E-state index in [9.17, 15) is 64.5 Å². The normalized spacial score (nSPS) is 18.5. The fraction of sp³-hybridized carbons (Fsp3) is 0.490. The van der Waals surface area contributed by atoms with Gasteiger partial charge in [0.05, 0.1) is 55.0 Å². The van der Waals surface area contributed by atoms with Crippen LogP contribution >= 0.6 is 0 Å². The van der Waals surface area contributed by atoms with E-state index in [1.54, 1.807) is 6.20 Å². The van der Waals surface area contributed by atoms with E-state index in [1.165, 1.54) is 29.6 Å². The number of rotatable bonds is 19. The Morgan fingerprint density at radius 2 is 1.43 bits per heavy atom. The first-order valence-electron chi connectivity index (χ1n) is 24.5. The van der Waals surface area contributed by atoms with Gasteiger partial charge in [-0.15, -0.1) is 0 Å². The number of nitrogens with zero attached hydrogens (tertiary/aromatic N) is 6. The van der Waals surface area contributed by atoms with Crippen molar-refractivity contribution in [2.75, 3.05) is 44.9 Å². The fourth-order valence-corrected chi connectivity index (χ4v) is 9.33. The lowest BCUT2D eigenvalue weighted by Crippen LogP contribution is -2.63. The van der Waals surface area contributed by atoms with Gasteiger partial charge >= 0.3 is 31.1 Å². The number of alkyl carbamates (subject to hydrolysis) is 1. The van der Waals surface area contributed by atoms with Crippen LogP contribution in [0.4, 0.5) is 59.3 Å². The zero-order valence-electron chi connectivity index (χ0n) is 42.9. The molecule has 3 aliphatic heterocycles. The third-order valence-electron chi connectivity index (χ3n) is 14.4. The first-order valence-corrected chi connectivity index (χ1v) is 24.5. The summed E-state index contributed by atoms with van der Waals surface area (Å²) in [5.41, 5.74) is -4.67. The molecule has 79 heavy (non-hydrogen) atoms. The highest BCUT2D eigenvalue weighted by Gasteiger charge is 2.57. The molecule has 6 atom stereocenters. The lowest BCUT2D eigenvalue weighted by atomic mass is 9.82. The summed E-state index contributed by atoms with van der Waals surface area (Å²) < 4.78 is 155. The first kappa shape index (κ1) is 59.4. The van der Waals surface area contributed by atoms with Crippen LogP contribution < -0.4 is 26.3 Å². The SMILES string of the molecule is COC(=O)NC(C(=O)NC(Cc1ccc(C#Cc2ccc(N3C[C@@H]4C[C@H]3CN4C3COC3)nc2)cc1)C(O)CN(Cc1c(F)cc(-c2ccn(C(F)F)n2)cc1F)NC(=O)C(NC(=O)O)C(C)(C)C(F)(F)F)C(C)(C)C(F)(F)F. The van der Waals surface area contributed by atoms with E-state index in [0.29, 0.717) is 74.1 Å². The predicted molar refractivity (Wildman–Crippen MR) is 260 cm³/mol. The highest BCUT2D eigenvalue weighted by Crippen LogP contribution is 2.42. The summed E-state index contributed by atoms with van der Waals surface area (Å²) in [6, 6.07) is 6.24. The van der Waals surface area contributed by atoms with Crippen molar-refractivity contribution in [2.45, 2.75) is 108 Å². The Morgan fingerprint density at radius 3 is 1.94 bits per heavy atom. The number of hydrogen-bond donors (Lipinski definition) is 6. The number of carbonyl (C=O) groups is 4. The van der Waals surface area contributed by atoms with Crippen LogP contribution in [-0.2, 0) is 32.0 Å². The average Bonchev–Trinajstić information content (AvgIpc) is 4.12. The van der Waals surface area contributed by atoms with Crippen molar-refractivity contribution in [3.05, 3.63) is 101 Å². The van der Waals surface area contributed by atoms with Crippen molar-refractivity contribution in [1.82, 2.24) is 46.0 Å². The molecule has 3 aliphatic rings. The molecule has 0 spiro atoms. The number of benzene rings is 2. The number of piperazine rings is 1. The third kappa shape index (κ3) is 13.6. The number of hydrazine groups is 1. The number of halogens is 10. The maximum Gasteiger partial charge on any atom is 0.407 e. The summed E-state index contributed by atoms with van der Waals surface area (Å²) in [5.74, 6) is 0.597. The predicted octanol–water partition coefficient (Wildman–Crippen LogP) is 6.14. The molecule has 7 rings (SSSR count). The van der Waals surface area contributed by atoms with Gasteiger partial charge in [0.15, 0.2) is 0 Å². The minimum atomic E-state index is -5.28. The van der Waals surface area contributed by atoms with Crippen LogP contribution in [0.1, 0.15) is 62.9 Å². The summed E-state index contributed by atoms with van der Waals surface area (Å²) in [7, 11) is 0.811. The number of hydrogen-bond acceptors (Lipinski definition) is 12. The Bertz CT molecular complexity index is 2890. The Balaban J connectivity index is 1.18. The van der Waals surface area contributed by atoms with Crippen LogP contribution in [0, 0.1) is 34.3 Å². The lowest BCUT2D eigenvalue weighted by Gasteiger charge is -2.42. The zero-order valence-corrected chi connectivity index (χ0v) is 42.9. The van der Waals surface area contributed by atoms with Gasteiger partial charge in [-0.3, -0.25) is 19.9 Å². The maximum atomic E-state index is 16.0. The van der Waals surface area contributed by atoms with Crippen LogP contribution in [0.5, 0.6) is 0 Å². The van der Waals surface area contributed by atoms with Gasteiger partial charge in [0.25, 0.3) is 5.91 Å². The summed E-state index contributed by atoms with van der Waals surface area (Å²) in [4.78, 5) is 61.4. The molecule has 5 heterocycles. The van der Waals surface area contributed by atoms with Crippen molar-refractivity contribution >= 4 is 29.8 Å². The van der Waals surface area contributed by atoms with Gasteiger partial charge < -0.3 is 40.5 Å². The largest absolute Gasteiger partial charge is 0.465 e. The second kappa shape index (κ2) is 23.6. The molecule has 2 aromatic carbocycles. The summed E-state index contributed by atoms with van der Waals surface area (Å²) >= 11 is 0. The number of pyridine rings is 1. The highest BCUT2D eigenvalue weighted by molar-refractivity contribution is 5.87. The molecule has 18 nitrogen and oxygen atoms in total. The van der Waals surface area contributed by atoms with E-state index in [0.717, 1.165) is 57.9 Å². The number of carbonyl (C=O) groups excluding carboxylic acids is 3. The first-order chi connectivity index (χ1) is 37.0. The lowest BCUT2D eigenvalue weighted by molar-refractivity contribution is -0.221. The Morgan fingerprint density at radius 1 is 0.823 bits per heavy atom. The maximum absolute atomic E-state index is 16.0. The number of aliphatic hydroxyl groups is 1. The van der Waals surface area contributed by atoms with Crippen molar-refractivity contribution in [1.29, 1.82) is 0 Å². The van der Waals surface area contributed by atoms with E-state index in [2.05, 4.69) is 41.8 Å². The molecular formula is C51H56F10N10O8. The molecule has 28 heteroatoms. The number of alkyl halides is 8. The van der Waals surface area contributed by atoms with Gasteiger partial charge in [-0.2, -0.15) is 40.2 Å². The molecule has 6 N–H and O–H groups in total. The van der Waals surface area contributed by atoms with E-state index in [1.807, 2.05) is 22.9 Å². The number of aromatic nitrogens is 3. The number of methoxy groups -OCH3 is 1. The molecule has 3 saturated heterocycles. The van der Waals surface area contributed by atoms with Crippen LogP contribution in [-0.4, -0.2) is 154 Å². The van der Waals surface area contributed by atoms with Crippen molar-refractivity contribution in [3.8, 4) is 23.1 Å². The van der Waals surface area contributed by atoms with Gasteiger partial charge in [-0.05, 0) is 88.6 Å². The van der Waals surface area contributed by atoms with Gasteiger partial charge in [0.2, 0.25) is 5.91 Å². The number of carboxylic acid groups (broad SMARTS) is 1. The minimum Gasteiger partial charge on any atom is -0.465 e. The summed E-state index contributed by atoms with van der Waals surface area (Å²) in [6.45, 7) is -0.117. The molecule has 0 saturated carbocycles.